The molecule has 1 aromatic carbocycles. The molecule has 0 aliphatic carbocycles. The first-order valence-corrected chi connectivity index (χ1v) is 9.52. The molecular weight excluding hydrogens is 349 g/mol. The average molecular weight is 376 g/mol. The molecule has 1 unspecified atom stereocenters. The van der Waals surface area contributed by atoms with Crippen LogP contribution in [0, 0.1) is 5.82 Å². The summed E-state index contributed by atoms with van der Waals surface area (Å²) < 4.78 is 25.1. The standard InChI is InChI=1S/C20H26FN3O3/c1-26-10-5-11-27-18-12-17(24-19-15(18)7-4-8-16(19)21)20(25)23-14-6-2-3-9-22-13-14/h4,7-8,12,14,22H,2-3,5-6,9-11,13H2,1H3,(H,23,25)/p+1. The van der Waals surface area contributed by atoms with Crippen molar-refractivity contribution in [3.05, 3.63) is 35.8 Å². The van der Waals surface area contributed by atoms with Crippen LogP contribution in [-0.2, 0) is 4.74 Å². The molecule has 1 aliphatic rings. The highest BCUT2D eigenvalue weighted by molar-refractivity contribution is 5.97. The zero-order valence-corrected chi connectivity index (χ0v) is 15.7. The van der Waals surface area contributed by atoms with Crippen molar-refractivity contribution >= 4 is 16.8 Å². The van der Waals surface area contributed by atoms with E-state index < -0.39 is 5.82 Å². The van der Waals surface area contributed by atoms with E-state index in [0.717, 1.165) is 32.4 Å². The van der Waals surface area contributed by atoms with Crippen molar-refractivity contribution in [2.24, 2.45) is 0 Å². The van der Waals surface area contributed by atoms with Crippen molar-refractivity contribution < 1.29 is 24.0 Å². The van der Waals surface area contributed by atoms with E-state index in [-0.39, 0.29) is 23.2 Å². The summed E-state index contributed by atoms with van der Waals surface area (Å²) in [5.74, 6) is -0.290. The first kappa shape index (κ1) is 19.5. The number of aromatic nitrogens is 1. The fourth-order valence-electron chi connectivity index (χ4n) is 3.31. The highest BCUT2D eigenvalue weighted by Crippen LogP contribution is 2.27. The Hall–Kier alpha value is -2.25. The molecule has 0 spiro atoms. The first-order valence-electron chi connectivity index (χ1n) is 9.52. The number of fused-ring (bicyclic) bond motifs is 1. The van der Waals surface area contributed by atoms with Crippen molar-refractivity contribution in [1.29, 1.82) is 0 Å². The Labute approximate surface area is 158 Å². The van der Waals surface area contributed by atoms with Gasteiger partial charge in [0.15, 0.2) is 0 Å². The van der Waals surface area contributed by atoms with Gasteiger partial charge in [-0.1, -0.05) is 6.07 Å². The van der Waals surface area contributed by atoms with Crippen molar-refractivity contribution in [2.45, 2.75) is 31.7 Å². The quantitative estimate of drug-likeness (QED) is 0.720. The maximum Gasteiger partial charge on any atom is 0.270 e. The topological polar surface area (TPSA) is 77.1 Å². The molecule has 2 heterocycles. The minimum Gasteiger partial charge on any atom is -0.493 e. The number of nitrogens with zero attached hydrogens (tertiary/aromatic N) is 1. The van der Waals surface area contributed by atoms with Crippen LogP contribution in [0.2, 0.25) is 0 Å². The van der Waals surface area contributed by atoms with Crippen LogP contribution in [0.4, 0.5) is 4.39 Å². The van der Waals surface area contributed by atoms with Gasteiger partial charge in [0.2, 0.25) is 0 Å². The third kappa shape index (κ3) is 5.14. The lowest BCUT2D eigenvalue weighted by molar-refractivity contribution is -0.654. The molecule has 146 valence electrons. The zero-order valence-electron chi connectivity index (χ0n) is 15.7. The van der Waals surface area contributed by atoms with Crippen LogP contribution in [0.15, 0.2) is 24.3 Å². The predicted molar refractivity (Wildman–Crippen MR) is 100 cm³/mol. The molecule has 3 N–H and O–H groups in total. The number of nitrogens with one attached hydrogen (secondary N) is 1. The molecule has 1 amide bonds. The number of benzene rings is 1. The minimum atomic E-state index is -0.466. The predicted octanol–water partition coefficient (Wildman–Crippen LogP) is 1.63. The molecule has 0 bridgehead atoms. The molecule has 6 nitrogen and oxygen atoms in total. The van der Waals surface area contributed by atoms with Crippen molar-refractivity contribution in [3.63, 3.8) is 0 Å². The van der Waals surface area contributed by atoms with Gasteiger partial charge in [0.1, 0.15) is 22.8 Å². The lowest BCUT2D eigenvalue weighted by Gasteiger charge is -2.16. The van der Waals surface area contributed by atoms with Gasteiger partial charge in [0.25, 0.3) is 5.91 Å². The summed E-state index contributed by atoms with van der Waals surface area (Å²) in [6.45, 7) is 2.93. The maximum absolute atomic E-state index is 14.3. The number of para-hydroxylation sites is 1. The molecule has 0 saturated carbocycles. The summed E-state index contributed by atoms with van der Waals surface area (Å²) in [4.78, 5) is 17.0. The number of ether oxygens (including phenoxy) is 2. The number of carbonyl (C=O) groups is 1. The van der Waals surface area contributed by atoms with Crippen molar-refractivity contribution in [2.75, 3.05) is 33.4 Å². The van der Waals surface area contributed by atoms with E-state index in [2.05, 4.69) is 15.6 Å². The second-order valence-corrected chi connectivity index (χ2v) is 6.82. The van der Waals surface area contributed by atoms with Crippen LogP contribution in [-0.4, -0.2) is 50.3 Å². The number of pyridine rings is 1. The second kappa shape index (κ2) is 9.62. The number of nitrogens with two attached hydrogens (primary N) is 1. The number of methoxy groups -OCH3 is 1. The van der Waals surface area contributed by atoms with Crippen molar-refractivity contribution in [3.8, 4) is 5.75 Å². The van der Waals surface area contributed by atoms with E-state index in [1.807, 2.05) is 0 Å². The van der Waals surface area contributed by atoms with Crippen LogP contribution in [0.3, 0.4) is 0 Å². The molecule has 1 fully saturated rings. The minimum absolute atomic E-state index is 0.101. The summed E-state index contributed by atoms with van der Waals surface area (Å²) >= 11 is 0. The normalized spacial score (nSPS) is 17.5. The van der Waals surface area contributed by atoms with Gasteiger partial charge in [-0.3, -0.25) is 4.79 Å². The Morgan fingerprint density at radius 2 is 2.26 bits per heavy atom. The van der Waals surface area contributed by atoms with E-state index >= 15 is 0 Å². The van der Waals surface area contributed by atoms with Crippen LogP contribution in [0.25, 0.3) is 10.9 Å². The lowest BCUT2D eigenvalue weighted by Crippen LogP contribution is -2.86. The van der Waals surface area contributed by atoms with Gasteiger partial charge in [0, 0.05) is 31.6 Å². The van der Waals surface area contributed by atoms with Crippen LogP contribution >= 0.6 is 0 Å². The Morgan fingerprint density at radius 1 is 1.37 bits per heavy atom. The first-order chi connectivity index (χ1) is 13.2. The molecule has 1 atom stereocenters. The van der Waals surface area contributed by atoms with Gasteiger partial charge in [-0.15, -0.1) is 0 Å². The lowest BCUT2D eigenvalue weighted by atomic mass is 10.1. The monoisotopic (exact) mass is 376 g/mol. The number of quaternary nitrogens is 1. The highest BCUT2D eigenvalue weighted by atomic mass is 19.1. The number of amides is 1. The summed E-state index contributed by atoms with van der Waals surface area (Å²) in [6, 6.07) is 6.40. The van der Waals surface area contributed by atoms with Gasteiger partial charge in [-0.2, -0.15) is 0 Å². The molecule has 1 saturated heterocycles. The fraction of sp³-hybridized carbons (Fsp3) is 0.500. The molecular formula is C20H27FN3O3+. The van der Waals surface area contributed by atoms with Gasteiger partial charge in [0.05, 0.1) is 25.7 Å². The number of carbonyl (C=O) groups excluding carboxylic acids is 1. The third-order valence-corrected chi connectivity index (χ3v) is 4.73. The van der Waals surface area contributed by atoms with Gasteiger partial charge in [-0.05, 0) is 31.4 Å². The zero-order chi connectivity index (χ0) is 19.1. The maximum atomic E-state index is 14.3. The van der Waals surface area contributed by atoms with Crippen molar-refractivity contribution in [1.82, 2.24) is 10.3 Å². The van der Waals surface area contributed by atoms with Crippen LogP contribution in [0.1, 0.15) is 36.2 Å². The Morgan fingerprint density at radius 3 is 3.11 bits per heavy atom. The van der Waals surface area contributed by atoms with E-state index in [0.29, 0.717) is 30.8 Å². The molecule has 0 radical (unpaired) electrons. The number of halogens is 1. The molecule has 2 aromatic rings. The fourth-order valence-corrected chi connectivity index (χ4v) is 3.31. The third-order valence-electron chi connectivity index (χ3n) is 4.73. The smallest absolute Gasteiger partial charge is 0.270 e. The Kier molecular flexibility index (Phi) is 6.95. The molecule has 7 heteroatoms. The van der Waals surface area contributed by atoms with E-state index in [1.165, 1.54) is 6.07 Å². The van der Waals surface area contributed by atoms with Crippen LogP contribution < -0.4 is 15.4 Å². The SMILES string of the molecule is COCCCOc1cc(C(=O)NC2CCCC[NH2+]C2)nc2c(F)cccc12. The van der Waals surface area contributed by atoms with E-state index in [4.69, 9.17) is 9.47 Å². The molecule has 27 heavy (non-hydrogen) atoms. The second-order valence-electron chi connectivity index (χ2n) is 6.82. The molecule has 1 aromatic heterocycles. The molecule has 3 rings (SSSR count). The van der Waals surface area contributed by atoms with E-state index in [9.17, 15) is 9.18 Å². The van der Waals surface area contributed by atoms with E-state index in [1.54, 1.807) is 25.3 Å². The van der Waals surface area contributed by atoms with Crippen LogP contribution in [0.5, 0.6) is 5.75 Å². The summed E-state index contributed by atoms with van der Waals surface area (Å²) in [7, 11) is 1.63. The summed E-state index contributed by atoms with van der Waals surface area (Å²) in [5.41, 5.74) is 0.331. The van der Waals surface area contributed by atoms with Gasteiger partial charge < -0.3 is 20.1 Å². The number of hydrogen-bond donors (Lipinski definition) is 2. The highest BCUT2D eigenvalue weighted by Gasteiger charge is 2.20. The van der Waals surface area contributed by atoms with Gasteiger partial charge in [-0.25, -0.2) is 9.37 Å². The summed E-state index contributed by atoms with van der Waals surface area (Å²) in [5, 5.41) is 5.81. The largest absolute Gasteiger partial charge is 0.493 e. The van der Waals surface area contributed by atoms with Gasteiger partial charge >= 0.3 is 0 Å². The number of rotatable bonds is 7. The Bertz CT molecular complexity index is 776. The Balaban J connectivity index is 1.83. The summed E-state index contributed by atoms with van der Waals surface area (Å²) in [6.07, 6.45) is 3.90. The average Bonchev–Trinajstić information content (AvgIpc) is 2.94. The molecule has 1 aliphatic heterocycles. The number of hydrogen-bond acceptors (Lipinski definition) is 4.